The van der Waals surface area contributed by atoms with Gasteiger partial charge < -0.3 is 5.32 Å². The van der Waals surface area contributed by atoms with Crippen LogP contribution in [0.5, 0.6) is 0 Å². The Morgan fingerprint density at radius 3 is 3.00 bits per heavy atom. The summed E-state index contributed by atoms with van der Waals surface area (Å²) in [6.45, 7) is 0.792. The second-order valence-corrected chi connectivity index (χ2v) is 5.79. The fourth-order valence-electron chi connectivity index (χ4n) is 2.36. The van der Waals surface area contributed by atoms with Crippen LogP contribution in [0, 0.1) is 17.1 Å². The highest BCUT2D eigenvalue weighted by molar-refractivity contribution is 7.99. The summed E-state index contributed by atoms with van der Waals surface area (Å²) in [6, 6.07) is 14.8. The van der Waals surface area contributed by atoms with Gasteiger partial charge in [-0.15, -0.1) is 11.8 Å². The van der Waals surface area contributed by atoms with Crippen LogP contribution in [0.3, 0.4) is 0 Å². The van der Waals surface area contributed by atoms with E-state index in [1.165, 1.54) is 16.5 Å². The standard InChI is InChI=1S/C16H13FN2S/c17-15-6-5-13(7-11(15)8-18)19-9-12-10-20-16-4-2-1-3-14(12)16/h1-7,12,19H,9-10H2. The Morgan fingerprint density at radius 1 is 1.30 bits per heavy atom. The van der Waals surface area contributed by atoms with Crippen molar-refractivity contribution in [2.75, 3.05) is 17.6 Å². The van der Waals surface area contributed by atoms with Gasteiger partial charge in [-0.05, 0) is 29.8 Å². The van der Waals surface area contributed by atoms with Crippen LogP contribution in [-0.2, 0) is 0 Å². The van der Waals surface area contributed by atoms with Crippen LogP contribution in [0.4, 0.5) is 10.1 Å². The molecule has 0 amide bonds. The fourth-order valence-corrected chi connectivity index (χ4v) is 3.61. The van der Waals surface area contributed by atoms with Gasteiger partial charge in [0.05, 0.1) is 5.56 Å². The molecular weight excluding hydrogens is 271 g/mol. The van der Waals surface area contributed by atoms with Crippen molar-refractivity contribution in [1.82, 2.24) is 0 Å². The van der Waals surface area contributed by atoms with E-state index >= 15 is 0 Å². The molecule has 1 heterocycles. The third-order valence-electron chi connectivity index (χ3n) is 3.44. The van der Waals surface area contributed by atoms with Crippen molar-refractivity contribution in [1.29, 1.82) is 5.26 Å². The van der Waals surface area contributed by atoms with Gasteiger partial charge in [0, 0.05) is 28.8 Å². The molecular formula is C16H13FN2S. The molecule has 0 aliphatic carbocycles. The van der Waals surface area contributed by atoms with Crippen molar-refractivity contribution in [3.05, 3.63) is 59.4 Å². The van der Waals surface area contributed by atoms with Crippen LogP contribution in [-0.4, -0.2) is 12.3 Å². The number of nitriles is 1. The smallest absolute Gasteiger partial charge is 0.141 e. The van der Waals surface area contributed by atoms with E-state index in [9.17, 15) is 4.39 Å². The molecule has 0 saturated heterocycles. The molecule has 4 heteroatoms. The van der Waals surface area contributed by atoms with Crippen LogP contribution in [0.25, 0.3) is 0 Å². The minimum absolute atomic E-state index is 0.0798. The Kier molecular flexibility index (Phi) is 3.62. The lowest BCUT2D eigenvalue weighted by atomic mass is 10.0. The van der Waals surface area contributed by atoms with Crippen LogP contribution in [0.1, 0.15) is 17.0 Å². The largest absolute Gasteiger partial charge is 0.384 e. The molecule has 100 valence electrons. The second-order valence-electron chi connectivity index (χ2n) is 4.73. The average Bonchev–Trinajstić information content (AvgIpc) is 2.90. The highest BCUT2D eigenvalue weighted by Crippen LogP contribution is 2.39. The number of anilines is 1. The van der Waals surface area contributed by atoms with Crippen molar-refractivity contribution >= 4 is 17.4 Å². The molecule has 1 N–H and O–H groups in total. The van der Waals surface area contributed by atoms with E-state index < -0.39 is 5.82 Å². The maximum atomic E-state index is 13.3. The Labute approximate surface area is 121 Å². The minimum Gasteiger partial charge on any atom is -0.384 e. The summed E-state index contributed by atoms with van der Waals surface area (Å²) in [7, 11) is 0. The highest BCUT2D eigenvalue weighted by atomic mass is 32.2. The number of hydrogen-bond acceptors (Lipinski definition) is 3. The van der Waals surface area contributed by atoms with Gasteiger partial charge in [-0.3, -0.25) is 0 Å². The van der Waals surface area contributed by atoms with Crippen LogP contribution >= 0.6 is 11.8 Å². The maximum Gasteiger partial charge on any atom is 0.141 e. The predicted octanol–water partition coefficient (Wildman–Crippen LogP) is 4.00. The molecule has 3 rings (SSSR count). The van der Waals surface area contributed by atoms with E-state index in [1.807, 2.05) is 17.8 Å². The third-order valence-corrected chi connectivity index (χ3v) is 4.69. The zero-order valence-electron chi connectivity index (χ0n) is 10.8. The van der Waals surface area contributed by atoms with E-state index in [0.717, 1.165) is 18.0 Å². The molecule has 2 nitrogen and oxygen atoms in total. The second kappa shape index (κ2) is 5.56. The van der Waals surface area contributed by atoms with Crippen molar-refractivity contribution in [2.24, 2.45) is 0 Å². The fraction of sp³-hybridized carbons (Fsp3) is 0.188. The molecule has 20 heavy (non-hydrogen) atoms. The van der Waals surface area contributed by atoms with Crippen LogP contribution in [0.2, 0.25) is 0 Å². The molecule has 0 bridgehead atoms. The van der Waals surface area contributed by atoms with Crippen LogP contribution in [0.15, 0.2) is 47.4 Å². The summed E-state index contributed by atoms with van der Waals surface area (Å²) >= 11 is 1.87. The first-order valence-corrected chi connectivity index (χ1v) is 7.42. The number of rotatable bonds is 3. The summed E-state index contributed by atoms with van der Waals surface area (Å²) in [6.07, 6.45) is 0. The lowest BCUT2D eigenvalue weighted by Gasteiger charge is -2.13. The minimum atomic E-state index is -0.472. The number of halogens is 1. The lowest BCUT2D eigenvalue weighted by Crippen LogP contribution is -2.12. The Morgan fingerprint density at radius 2 is 2.15 bits per heavy atom. The molecule has 0 aromatic heterocycles. The summed E-state index contributed by atoms with van der Waals surface area (Å²) in [5.41, 5.74) is 2.24. The molecule has 2 aromatic rings. The van der Waals surface area contributed by atoms with Crippen LogP contribution < -0.4 is 5.32 Å². The van der Waals surface area contributed by atoms with E-state index in [2.05, 4.69) is 29.6 Å². The number of nitrogens with one attached hydrogen (secondary N) is 1. The number of thioether (sulfide) groups is 1. The number of nitrogens with zero attached hydrogens (tertiary/aromatic N) is 1. The molecule has 0 fully saturated rings. The number of benzene rings is 2. The van der Waals surface area contributed by atoms with E-state index in [1.54, 1.807) is 12.1 Å². The topological polar surface area (TPSA) is 35.8 Å². The molecule has 0 radical (unpaired) electrons. The van der Waals surface area contributed by atoms with Crippen molar-refractivity contribution in [3.63, 3.8) is 0 Å². The van der Waals surface area contributed by atoms with Gasteiger partial charge in [0.1, 0.15) is 11.9 Å². The summed E-state index contributed by atoms with van der Waals surface area (Å²) in [4.78, 5) is 1.34. The SMILES string of the molecule is N#Cc1cc(NCC2CSc3ccccc32)ccc1F. The first kappa shape index (κ1) is 13.0. The summed E-state index contributed by atoms with van der Waals surface area (Å²) < 4.78 is 13.3. The zero-order valence-corrected chi connectivity index (χ0v) is 11.6. The van der Waals surface area contributed by atoms with Gasteiger partial charge in [-0.1, -0.05) is 18.2 Å². The molecule has 1 aliphatic rings. The molecule has 0 saturated carbocycles. The van der Waals surface area contributed by atoms with Gasteiger partial charge in [-0.25, -0.2) is 4.39 Å². The number of fused-ring (bicyclic) bond motifs is 1. The van der Waals surface area contributed by atoms with Gasteiger partial charge in [0.25, 0.3) is 0 Å². The quantitative estimate of drug-likeness (QED) is 0.925. The van der Waals surface area contributed by atoms with E-state index in [4.69, 9.17) is 5.26 Å². The Bertz CT molecular complexity index is 678. The lowest BCUT2D eigenvalue weighted by molar-refractivity contribution is 0.624. The highest BCUT2D eigenvalue weighted by Gasteiger charge is 2.22. The normalized spacial score (nSPS) is 16.5. The maximum absolute atomic E-state index is 13.3. The van der Waals surface area contributed by atoms with Gasteiger partial charge in [0.2, 0.25) is 0 Å². The zero-order chi connectivity index (χ0) is 13.9. The average molecular weight is 284 g/mol. The van der Waals surface area contributed by atoms with Gasteiger partial charge in [0.15, 0.2) is 0 Å². The molecule has 1 aliphatic heterocycles. The summed E-state index contributed by atoms with van der Waals surface area (Å²) in [5.74, 6) is 1.03. The van der Waals surface area contributed by atoms with Gasteiger partial charge in [-0.2, -0.15) is 5.26 Å². The van der Waals surface area contributed by atoms with E-state index in [-0.39, 0.29) is 5.56 Å². The monoisotopic (exact) mass is 284 g/mol. The molecule has 1 atom stereocenters. The predicted molar refractivity (Wildman–Crippen MR) is 79.5 cm³/mol. The number of hydrogen-bond donors (Lipinski definition) is 1. The van der Waals surface area contributed by atoms with E-state index in [0.29, 0.717) is 5.92 Å². The van der Waals surface area contributed by atoms with Crippen molar-refractivity contribution < 1.29 is 4.39 Å². The Balaban J connectivity index is 1.71. The Hall–Kier alpha value is -1.99. The summed E-state index contributed by atoms with van der Waals surface area (Å²) in [5, 5.41) is 12.1. The third kappa shape index (κ3) is 2.50. The first-order chi connectivity index (χ1) is 9.78. The van der Waals surface area contributed by atoms with Crippen molar-refractivity contribution in [3.8, 4) is 6.07 Å². The van der Waals surface area contributed by atoms with Gasteiger partial charge >= 0.3 is 0 Å². The molecule has 2 aromatic carbocycles. The molecule has 1 unspecified atom stereocenters. The molecule has 0 spiro atoms. The van der Waals surface area contributed by atoms with Crippen molar-refractivity contribution in [2.45, 2.75) is 10.8 Å². The first-order valence-electron chi connectivity index (χ1n) is 6.43.